The molecule has 0 N–H and O–H groups in total. The molecule has 46 atom stereocenters. The molecule has 36 rings (SSSR count). The standard InChI is InChI=1S/C82H94/c1-2-8-40-9-3-4-10-46-51-57-55-49-27-42-26-43-28-48-54-53-47-11-5-6-37-13-19-60(47)29-59-18-12-38(24-37)25-41-14-20-62(30-59)70-22-16-45(41)44-17-23-71(70)66(21-15-39(44)7-1)50(40)56-58-52(46)74(51)77(57)75(55)67(49)32-61(42)31-65(43,48)69(54)34-64(61)36-73(67)72(62,35-63(59,64)33-68(53,60)69)79(70)80(71)76(56,66)78(58,74)82(77,80)81(73,75)79/h37-58H,1-36H2. The monoisotopic (exact) mass is 1080 g/mol. The second kappa shape index (κ2) is 8.57. The minimum absolute atomic E-state index is 0.716. The molecule has 24 spiro atoms. The van der Waals surface area contributed by atoms with E-state index in [1.165, 1.54) is 88.8 Å². The summed E-state index contributed by atoms with van der Waals surface area (Å²) >= 11 is 0. The normalized spacial score (nSPS) is 95.7. The molecule has 0 saturated heterocycles. The topological polar surface area (TPSA) is 0 Å². The molecule has 36 aliphatic carbocycles. The molecule has 0 nitrogen and oxygen atoms in total. The third kappa shape index (κ3) is 1.72. The van der Waals surface area contributed by atoms with Crippen molar-refractivity contribution in [2.24, 2.45) is 260 Å². The first kappa shape index (κ1) is 39.3. The Morgan fingerprint density at radius 2 is 1.04 bits per heavy atom. The summed E-state index contributed by atoms with van der Waals surface area (Å²) in [6.45, 7) is 0. The Balaban J connectivity index is 0.736. The Morgan fingerprint density at radius 1 is 0.280 bits per heavy atom. The molecule has 0 radical (unpaired) electrons. The molecule has 0 heteroatoms. The van der Waals surface area contributed by atoms with Gasteiger partial charge in [0.2, 0.25) is 0 Å². The third-order valence-electron chi connectivity index (χ3n) is 53.4. The zero-order valence-electron chi connectivity index (χ0n) is 50.2. The van der Waals surface area contributed by atoms with E-state index in [1.54, 1.807) is 116 Å². The van der Waals surface area contributed by atoms with Crippen molar-refractivity contribution in [2.45, 2.75) is 231 Å². The first-order chi connectivity index (χ1) is 40.3. The van der Waals surface area contributed by atoms with Crippen molar-refractivity contribution in [1.82, 2.24) is 0 Å². The lowest BCUT2D eigenvalue weighted by Gasteiger charge is -3.54. The Bertz CT molecular complexity index is 3910. The van der Waals surface area contributed by atoms with Gasteiger partial charge >= 0.3 is 0 Å². The Hall–Kier alpha value is 0. The van der Waals surface area contributed by atoms with Crippen molar-refractivity contribution in [3.63, 3.8) is 0 Å². The molecular weight excluding hydrogens is 985 g/mol. The average molecular weight is 1080 g/mol. The zero-order valence-corrected chi connectivity index (χ0v) is 50.2. The van der Waals surface area contributed by atoms with Gasteiger partial charge in [-0.05, 0) is 434 Å². The molecule has 36 saturated carbocycles. The van der Waals surface area contributed by atoms with Crippen LogP contribution in [-0.4, -0.2) is 0 Å². The van der Waals surface area contributed by atoms with E-state index in [2.05, 4.69) is 0 Å². The van der Waals surface area contributed by atoms with Crippen molar-refractivity contribution in [2.75, 3.05) is 0 Å². The summed E-state index contributed by atoms with van der Waals surface area (Å²) in [7, 11) is 0. The highest BCUT2D eigenvalue weighted by molar-refractivity contribution is 6.00. The van der Waals surface area contributed by atoms with Crippen LogP contribution in [0.1, 0.15) is 231 Å². The van der Waals surface area contributed by atoms with E-state index in [9.17, 15) is 0 Å². The number of fused-ring (bicyclic) bond motifs is 22. The molecule has 0 amide bonds. The number of rotatable bonds is 0. The highest BCUT2D eigenvalue weighted by Crippen LogP contribution is 3.57. The molecule has 46 unspecified atom stereocenters. The fraction of sp³-hybridized carbons (Fsp3) is 1.00. The maximum absolute atomic E-state index is 2.04. The summed E-state index contributed by atoms with van der Waals surface area (Å²) < 4.78 is 0. The van der Waals surface area contributed by atoms with Crippen LogP contribution in [0.25, 0.3) is 0 Å². The second-order valence-corrected chi connectivity index (χ2v) is 45.8. The molecule has 0 aromatic heterocycles. The molecule has 36 aliphatic rings. The average Bonchev–Trinajstić information content (AvgIpc) is 0.449. The molecule has 0 aromatic carbocycles. The summed E-state index contributed by atoms with van der Waals surface area (Å²) in [6, 6.07) is 0. The zero-order chi connectivity index (χ0) is 50.2. The van der Waals surface area contributed by atoms with Crippen molar-refractivity contribution in [3.8, 4) is 0 Å². The molecule has 82 heavy (non-hydrogen) atoms. The van der Waals surface area contributed by atoms with Crippen molar-refractivity contribution < 1.29 is 0 Å². The van der Waals surface area contributed by atoms with Crippen LogP contribution < -0.4 is 0 Å². The van der Waals surface area contributed by atoms with Crippen molar-refractivity contribution in [1.29, 1.82) is 0 Å². The van der Waals surface area contributed by atoms with Crippen LogP contribution in [0.2, 0.25) is 0 Å². The highest BCUT2D eigenvalue weighted by atomic mass is 15.6. The van der Waals surface area contributed by atoms with Gasteiger partial charge in [-0.15, -0.1) is 0 Å². The van der Waals surface area contributed by atoms with Gasteiger partial charge in [0.05, 0.1) is 0 Å². The number of hydrogen-bond acceptors (Lipinski definition) is 0. The molecular formula is C82H94. The van der Waals surface area contributed by atoms with Crippen LogP contribution in [-0.2, 0) is 0 Å². The Kier molecular flexibility index (Phi) is 4.11. The quantitative estimate of drug-likeness (QED) is 0.227. The largest absolute Gasteiger partial charge is 0.0530 e. The van der Waals surface area contributed by atoms with Gasteiger partial charge in [-0.1, -0.05) is 57.8 Å². The first-order valence-electron chi connectivity index (χ1n) is 40.3. The minimum atomic E-state index is 0.716. The number of hydrogen-bond donors (Lipinski definition) is 0. The van der Waals surface area contributed by atoms with Gasteiger partial charge in [0.25, 0.3) is 0 Å². The van der Waals surface area contributed by atoms with Crippen molar-refractivity contribution in [3.05, 3.63) is 0 Å². The van der Waals surface area contributed by atoms with Crippen LogP contribution >= 0.6 is 0 Å². The van der Waals surface area contributed by atoms with E-state index >= 15 is 0 Å². The molecule has 0 heterocycles. The van der Waals surface area contributed by atoms with Crippen LogP contribution in [0.5, 0.6) is 0 Å². The van der Waals surface area contributed by atoms with Gasteiger partial charge < -0.3 is 0 Å². The van der Waals surface area contributed by atoms with Gasteiger partial charge in [0, 0.05) is 0 Å². The fourth-order valence-electron chi connectivity index (χ4n) is 60.7. The SMILES string of the molecule is C1CCC2CCCCC3C4C5C6C7CC8CC9CC%10C%11C%12C%13CCCC%14CCC%13%15CC%13%16CCC(C%14)CC%14CCC%17(C%13)C%13%18CC%16%19CC%12%15C%11%12CC%19%11CC%13%15C7(CC8%11CC9%10%12)C67C56C45C3C3C4C2C28CCC(C1)C1CCC29C%17(CCC%141)C%181C%157C62C35C48C912. The van der Waals surface area contributed by atoms with E-state index in [0.717, 1.165) is 166 Å². The van der Waals surface area contributed by atoms with Gasteiger partial charge in [0.15, 0.2) is 0 Å². The van der Waals surface area contributed by atoms with E-state index in [-0.39, 0.29) is 0 Å². The lowest BCUT2D eigenvalue weighted by molar-refractivity contribution is -1.10. The molecule has 36 fully saturated rings. The smallest absolute Gasteiger partial charge is 0.000762 e. The fourth-order valence-corrected chi connectivity index (χ4v) is 60.7. The first-order valence-corrected chi connectivity index (χ1v) is 40.3. The van der Waals surface area contributed by atoms with Crippen LogP contribution in [0.4, 0.5) is 0 Å². The lowest BCUT2D eigenvalue weighted by atomic mass is 8.48. The van der Waals surface area contributed by atoms with Gasteiger partial charge in [-0.25, -0.2) is 0 Å². The van der Waals surface area contributed by atoms with Gasteiger partial charge in [-0.2, -0.15) is 0 Å². The summed E-state index contributed by atoms with van der Waals surface area (Å²) in [5, 5.41) is 0. The third-order valence-corrected chi connectivity index (χ3v) is 53.4. The Morgan fingerprint density at radius 3 is 1.96 bits per heavy atom. The predicted octanol–water partition coefficient (Wildman–Crippen LogP) is 16.7. The lowest BCUT2D eigenvalue weighted by Crippen LogP contribution is -3.53. The molecule has 422 valence electrons. The van der Waals surface area contributed by atoms with Crippen LogP contribution in [0.15, 0.2) is 0 Å². The maximum Gasteiger partial charge on any atom is -0.000762 e. The van der Waals surface area contributed by atoms with E-state index < -0.39 is 0 Å². The van der Waals surface area contributed by atoms with E-state index in [1.807, 2.05) is 116 Å². The van der Waals surface area contributed by atoms with Gasteiger partial charge in [-0.3, -0.25) is 0 Å². The van der Waals surface area contributed by atoms with E-state index in [4.69, 9.17) is 0 Å². The van der Waals surface area contributed by atoms with Crippen LogP contribution in [0, 0.1) is 260 Å². The second-order valence-electron chi connectivity index (χ2n) is 45.8. The summed E-state index contributed by atoms with van der Waals surface area (Å²) in [5.74, 6) is 26.8. The summed E-state index contributed by atoms with van der Waals surface area (Å²) in [4.78, 5) is 0. The maximum atomic E-state index is 2.04. The highest BCUT2D eigenvalue weighted by Gasteiger charge is 3.56. The summed E-state index contributed by atoms with van der Waals surface area (Å²) in [6.07, 6.45) is 65.6. The molecule has 21 bridgehead atoms. The summed E-state index contributed by atoms with van der Waals surface area (Å²) in [5.41, 5.74) is 20.9. The predicted molar refractivity (Wildman–Crippen MR) is 301 cm³/mol. The van der Waals surface area contributed by atoms with Crippen LogP contribution in [0.3, 0.4) is 0 Å². The molecule has 0 aliphatic heterocycles. The molecule has 0 aromatic rings. The van der Waals surface area contributed by atoms with Crippen molar-refractivity contribution >= 4 is 0 Å². The Labute approximate surface area is 488 Å². The van der Waals surface area contributed by atoms with E-state index in [0.29, 0.717) is 5.41 Å². The van der Waals surface area contributed by atoms with Gasteiger partial charge in [0.1, 0.15) is 0 Å². The minimum Gasteiger partial charge on any atom is -0.0530 e.